The van der Waals surface area contributed by atoms with Gasteiger partial charge in [-0.15, -0.1) is 0 Å². The number of para-hydroxylation sites is 2. The number of phenols is 1. The smallest absolute Gasteiger partial charge is 0.421 e. The molecule has 2 atom stereocenters. The monoisotopic (exact) mass is 283 g/mol. The predicted octanol–water partition coefficient (Wildman–Crippen LogP) is 2.45. The molecule has 0 aliphatic rings. The number of anilines is 1. The fourth-order valence-corrected chi connectivity index (χ4v) is 1.59. The van der Waals surface area contributed by atoms with Crippen LogP contribution in [0.4, 0.5) is 10.5 Å². The van der Waals surface area contributed by atoms with Crippen LogP contribution >= 0.6 is 12.6 Å². The minimum atomic E-state index is -0.840. The van der Waals surface area contributed by atoms with E-state index >= 15 is 0 Å². The number of phenolic OH excluding ortho intramolecular Hbond substituents is 1. The topological polar surface area (TPSA) is 66.8 Å². The number of hydrogen-bond donors (Lipinski definition) is 2. The number of ether oxygens (including phenoxy) is 1. The highest BCUT2D eigenvalue weighted by Crippen LogP contribution is 2.29. The van der Waals surface area contributed by atoms with Crippen LogP contribution in [0.2, 0.25) is 0 Å². The summed E-state index contributed by atoms with van der Waals surface area (Å²) in [6.45, 7) is 3.42. The van der Waals surface area contributed by atoms with Crippen molar-refractivity contribution >= 4 is 30.3 Å². The van der Waals surface area contributed by atoms with Crippen molar-refractivity contribution in [3.05, 3.63) is 24.3 Å². The number of aromatic hydroxyl groups is 1. The number of methoxy groups -OCH3 is 1. The molecule has 104 valence electrons. The second kappa shape index (κ2) is 6.47. The summed E-state index contributed by atoms with van der Waals surface area (Å²) < 4.78 is 4.60. The molecule has 6 heteroatoms. The van der Waals surface area contributed by atoms with Gasteiger partial charge in [-0.2, -0.15) is 12.6 Å². The van der Waals surface area contributed by atoms with Crippen LogP contribution in [0.3, 0.4) is 0 Å². The number of carbonyl (C=O) groups is 2. The van der Waals surface area contributed by atoms with E-state index in [4.69, 9.17) is 0 Å². The molecule has 19 heavy (non-hydrogen) atoms. The first-order valence-electron chi connectivity index (χ1n) is 5.78. The van der Waals surface area contributed by atoms with Crippen LogP contribution < -0.4 is 4.90 Å². The van der Waals surface area contributed by atoms with Crippen molar-refractivity contribution < 1.29 is 19.4 Å². The van der Waals surface area contributed by atoms with E-state index in [9.17, 15) is 14.7 Å². The summed E-state index contributed by atoms with van der Waals surface area (Å²) in [7, 11) is 1.18. The normalized spacial score (nSPS) is 13.5. The molecule has 1 aromatic carbocycles. The lowest BCUT2D eigenvalue weighted by molar-refractivity contribution is -0.121. The molecule has 0 radical (unpaired) electrons. The number of hydrogen-bond acceptors (Lipinski definition) is 5. The Morgan fingerprint density at radius 3 is 2.37 bits per heavy atom. The zero-order chi connectivity index (χ0) is 14.6. The van der Waals surface area contributed by atoms with Gasteiger partial charge in [0.2, 0.25) is 5.91 Å². The lowest BCUT2D eigenvalue weighted by Gasteiger charge is -2.24. The van der Waals surface area contributed by atoms with Crippen molar-refractivity contribution in [2.45, 2.75) is 19.1 Å². The van der Waals surface area contributed by atoms with E-state index in [1.54, 1.807) is 26.0 Å². The standard InChI is InChI=1S/C13H17NO4S/c1-8(9(2)19)12(16)14(13(17)18-3)10-6-4-5-7-11(10)15/h4-9,15,19H,1-3H3. The highest BCUT2D eigenvalue weighted by Gasteiger charge is 2.31. The molecule has 0 saturated heterocycles. The second-order valence-electron chi connectivity index (χ2n) is 4.16. The van der Waals surface area contributed by atoms with E-state index in [2.05, 4.69) is 17.4 Å². The van der Waals surface area contributed by atoms with Gasteiger partial charge in [-0.1, -0.05) is 26.0 Å². The Morgan fingerprint density at radius 2 is 1.89 bits per heavy atom. The fourth-order valence-electron chi connectivity index (χ4n) is 1.46. The van der Waals surface area contributed by atoms with E-state index in [1.807, 2.05) is 0 Å². The number of imide groups is 1. The van der Waals surface area contributed by atoms with Gasteiger partial charge in [0.05, 0.1) is 12.8 Å². The highest BCUT2D eigenvalue weighted by molar-refractivity contribution is 7.81. The van der Waals surface area contributed by atoms with E-state index < -0.39 is 17.9 Å². The van der Waals surface area contributed by atoms with Crippen molar-refractivity contribution in [2.24, 2.45) is 5.92 Å². The number of rotatable bonds is 3. The van der Waals surface area contributed by atoms with Crippen molar-refractivity contribution in [3.63, 3.8) is 0 Å². The van der Waals surface area contributed by atoms with Gasteiger partial charge in [-0.25, -0.2) is 9.69 Å². The van der Waals surface area contributed by atoms with Crippen LogP contribution in [0, 0.1) is 5.92 Å². The summed E-state index contributed by atoms with van der Waals surface area (Å²) in [5.74, 6) is -1.14. The lowest BCUT2D eigenvalue weighted by atomic mass is 10.1. The Labute approximate surface area is 117 Å². The molecule has 2 amide bonds. The molecular formula is C13H17NO4S. The average Bonchev–Trinajstić information content (AvgIpc) is 2.39. The summed E-state index contributed by atoms with van der Waals surface area (Å²) in [4.78, 5) is 24.9. The summed E-state index contributed by atoms with van der Waals surface area (Å²) in [5, 5.41) is 9.54. The fraction of sp³-hybridized carbons (Fsp3) is 0.385. The molecular weight excluding hydrogens is 266 g/mol. The molecule has 0 bridgehead atoms. The van der Waals surface area contributed by atoms with Crippen LogP contribution in [0.25, 0.3) is 0 Å². The van der Waals surface area contributed by atoms with Crippen LogP contribution in [0.5, 0.6) is 5.75 Å². The van der Waals surface area contributed by atoms with Gasteiger partial charge < -0.3 is 9.84 Å². The molecule has 0 aliphatic heterocycles. The summed E-state index contributed by atoms with van der Waals surface area (Å²) in [5.41, 5.74) is 0.0974. The van der Waals surface area contributed by atoms with Crippen LogP contribution in [-0.4, -0.2) is 29.5 Å². The molecule has 2 unspecified atom stereocenters. The maximum Gasteiger partial charge on any atom is 0.421 e. The summed E-state index contributed by atoms with van der Waals surface area (Å²) in [6, 6.07) is 6.09. The van der Waals surface area contributed by atoms with Crippen LogP contribution in [0.15, 0.2) is 24.3 Å². The molecule has 0 spiro atoms. The van der Waals surface area contributed by atoms with Crippen LogP contribution in [0.1, 0.15) is 13.8 Å². The number of thiol groups is 1. The van der Waals surface area contributed by atoms with Gasteiger partial charge in [0, 0.05) is 11.2 Å². The van der Waals surface area contributed by atoms with Crippen LogP contribution in [-0.2, 0) is 9.53 Å². The van der Waals surface area contributed by atoms with Crippen molar-refractivity contribution in [2.75, 3.05) is 12.0 Å². The predicted molar refractivity (Wildman–Crippen MR) is 75.6 cm³/mol. The molecule has 0 heterocycles. The molecule has 0 saturated carbocycles. The first-order valence-corrected chi connectivity index (χ1v) is 6.29. The Kier molecular flexibility index (Phi) is 5.23. The Morgan fingerprint density at radius 1 is 1.32 bits per heavy atom. The Balaban J connectivity index is 3.20. The molecule has 1 rings (SSSR count). The zero-order valence-corrected chi connectivity index (χ0v) is 11.9. The van der Waals surface area contributed by atoms with Gasteiger partial charge in [0.15, 0.2) is 0 Å². The second-order valence-corrected chi connectivity index (χ2v) is 4.98. The largest absolute Gasteiger partial charge is 0.506 e. The zero-order valence-electron chi connectivity index (χ0n) is 11.0. The van der Waals surface area contributed by atoms with Crippen molar-refractivity contribution in [1.29, 1.82) is 0 Å². The minimum absolute atomic E-state index is 0.0974. The Hall–Kier alpha value is -1.69. The van der Waals surface area contributed by atoms with Gasteiger partial charge in [0.1, 0.15) is 5.75 Å². The molecule has 5 nitrogen and oxygen atoms in total. The summed E-state index contributed by atoms with van der Waals surface area (Å²) >= 11 is 4.20. The van der Waals surface area contributed by atoms with E-state index in [0.717, 1.165) is 4.90 Å². The summed E-state index contributed by atoms with van der Waals surface area (Å²) in [6.07, 6.45) is -0.840. The average molecular weight is 283 g/mol. The first kappa shape index (κ1) is 15.4. The van der Waals surface area contributed by atoms with Gasteiger partial charge in [-0.3, -0.25) is 4.79 Å². The van der Waals surface area contributed by atoms with E-state index in [-0.39, 0.29) is 16.7 Å². The van der Waals surface area contributed by atoms with E-state index in [0.29, 0.717) is 0 Å². The third-order valence-corrected chi connectivity index (χ3v) is 3.26. The molecule has 0 fully saturated rings. The van der Waals surface area contributed by atoms with Gasteiger partial charge >= 0.3 is 6.09 Å². The SMILES string of the molecule is COC(=O)N(C(=O)C(C)C(C)S)c1ccccc1O. The maximum atomic E-state index is 12.3. The highest BCUT2D eigenvalue weighted by atomic mass is 32.1. The minimum Gasteiger partial charge on any atom is -0.506 e. The lowest BCUT2D eigenvalue weighted by Crippen LogP contribution is -2.42. The number of benzene rings is 1. The van der Waals surface area contributed by atoms with Gasteiger partial charge in [-0.05, 0) is 12.1 Å². The van der Waals surface area contributed by atoms with Crippen molar-refractivity contribution in [3.8, 4) is 5.75 Å². The number of carbonyl (C=O) groups excluding carboxylic acids is 2. The third kappa shape index (κ3) is 3.41. The maximum absolute atomic E-state index is 12.3. The third-order valence-electron chi connectivity index (χ3n) is 2.81. The molecule has 0 aliphatic carbocycles. The quantitative estimate of drug-likeness (QED) is 0.836. The van der Waals surface area contributed by atoms with Crippen molar-refractivity contribution in [1.82, 2.24) is 0 Å². The number of nitrogens with zero attached hydrogens (tertiary/aromatic N) is 1. The van der Waals surface area contributed by atoms with E-state index in [1.165, 1.54) is 19.2 Å². The van der Waals surface area contributed by atoms with Gasteiger partial charge in [0.25, 0.3) is 0 Å². The molecule has 0 aromatic heterocycles. The Bertz CT molecular complexity index is 475. The first-order chi connectivity index (χ1) is 8.90. The molecule has 1 N–H and O–H groups in total. The number of amides is 2. The molecule has 1 aromatic rings.